The fraction of sp³-hybridized carbons (Fsp3) is 0.364. The Bertz CT molecular complexity index is 1190. The van der Waals surface area contributed by atoms with Crippen LogP contribution in [0.4, 0.5) is 10.5 Å². The number of fused-ring (bicyclic) bond motifs is 3. The van der Waals surface area contributed by atoms with Crippen molar-refractivity contribution in [2.24, 2.45) is 0 Å². The fourth-order valence-corrected chi connectivity index (χ4v) is 5.87. The Hall–Kier alpha value is -1.81. The zero-order chi connectivity index (χ0) is 21.0. The van der Waals surface area contributed by atoms with Crippen LogP contribution in [0.2, 0.25) is 0 Å². The van der Waals surface area contributed by atoms with Gasteiger partial charge in [-0.25, -0.2) is 9.59 Å². The van der Waals surface area contributed by atoms with Gasteiger partial charge in [0.25, 0.3) is 0 Å². The van der Waals surface area contributed by atoms with Crippen molar-refractivity contribution in [2.45, 2.75) is 50.7 Å². The predicted molar refractivity (Wildman–Crippen MR) is 130 cm³/mol. The first-order valence-corrected chi connectivity index (χ1v) is 12.0. The topological polar surface area (TPSA) is 70.1 Å². The minimum atomic E-state index is -0.0754. The highest BCUT2D eigenvalue weighted by Crippen LogP contribution is 2.41. The third-order valence-corrected chi connectivity index (χ3v) is 8.29. The van der Waals surface area contributed by atoms with Gasteiger partial charge in [-0.1, -0.05) is 6.07 Å². The number of carbonyl (C=O) groups is 1. The van der Waals surface area contributed by atoms with Crippen LogP contribution in [-0.4, -0.2) is 32.6 Å². The predicted octanol–water partition coefficient (Wildman–Crippen LogP) is 5.41. The van der Waals surface area contributed by atoms with Gasteiger partial charge < -0.3 is 15.2 Å². The summed E-state index contributed by atoms with van der Waals surface area (Å²) in [5.74, 6) is 0. The standard InChI is InChI=1S/C22H22BrIN4O2/c1-12-9-13(5-8-18(12)24)25-21(29)27-14-6-7-15(27)11-16(10-14)28-19-4-2-3-17(23)20(19)26-22(28)30/h2-5,8-9,14-16H,6-7,10-11H2,1H3,(H,25,29)(H,26,30). The molecule has 8 heteroatoms. The first-order chi connectivity index (χ1) is 14.4. The summed E-state index contributed by atoms with van der Waals surface area (Å²) in [4.78, 5) is 30.8. The van der Waals surface area contributed by atoms with Crippen molar-refractivity contribution < 1.29 is 4.79 Å². The van der Waals surface area contributed by atoms with E-state index >= 15 is 0 Å². The largest absolute Gasteiger partial charge is 0.326 e. The smallest absolute Gasteiger partial charge is 0.318 e. The number of rotatable bonds is 2. The van der Waals surface area contributed by atoms with Crippen molar-refractivity contribution in [3.05, 3.63) is 60.5 Å². The zero-order valence-corrected chi connectivity index (χ0v) is 20.2. The molecule has 2 aliphatic rings. The number of carbonyl (C=O) groups excluding carboxylic acids is 1. The molecule has 2 bridgehead atoms. The molecule has 0 radical (unpaired) electrons. The second kappa shape index (κ2) is 7.71. The van der Waals surface area contributed by atoms with Crippen LogP contribution in [-0.2, 0) is 0 Å². The molecule has 156 valence electrons. The van der Waals surface area contributed by atoms with Crippen LogP contribution in [0, 0.1) is 10.5 Å². The van der Waals surface area contributed by atoms with Gasteiger partial charge in [0.15, 0.2) is 0 Å². The summed E-state index contributed by atoms with van der Waals surface area (Å²) in [7, 11) is 0. The van der Waals surface area contributed by atoms with Crippen LogP contribution < -0.4 is 11.0 Å². The highest BCUT2D eigenvalue weighted by molar-refractivity contribution is 14.1. The number of hydrogen-bond donors (Lipinski definition) is 2. The molecule has 2 unspecified atom stereocenters. The third-order valence-electron chi connectivity index (χ3n) is 6.42. The van der Waals surface area contributed by atoms with Gasteiger partial charge in [0, 0.05) is 31.9 Å². The molecular formula is C22H22BrIN4O2. The van der Waals surface area contributed by atoms with E-state index in [1.54, 1.807) is 0 Å². The van der Waals surface area contributed by atoms with Crippen LogP contribution in [0.3, 0.4) is 0 Å². The van der Waals surface area contributed by atoms with Crippen molar-refractivity contribution in [1.82, 2.24) is 14.5 Å². The summed E-state index contributed by atoms with van der Waals surface area (Å²) in [6.45, 7) is 2.05. The van der Waals surface area contributed by atoms with Gasteiger partial charge in [0.05, 0.1) is 11.0 Å². The Balaban J connectivity index is 1.38. The molecule has 2 saturated heterocycles. The number of nitrogens with zero attached hydrogens (tertiary/aromatic N) is 2. The highest BCUT2D eigenvalue weighted by atomic mass is 127. The molecule has 2 aromatic carbocycles. The van der Waals surface area contributed by atoms with Gasteiger partial charge in [-0.2, -0.15) is 0 Å². The first kappa shape index (κ1) is 20.1. The monoisotopic (exact) mass is 580 g/mol. The van der Waals surface area contributed by atoms with E-state index in [2.05, 4.69) is 48.8 Å². The normalized spacial score (nSPS) is 23.2. The molecule has 6 nitrogen and oxygen atoms in total. The van der Waals surface area contributed by atoms with E-state index in [1.165, 1.54) is 3.57 Å². The summed E-state index contributed by atoms with van der Waals surface area (Å²) in [6.07, 6.45) is 3.58. The molecule has 2 amide bonds. The van der Waals surface area contributed by atoms with Crippen molar-refractivity contribution in [1.29, 1.82) is 0 Å². The zero-order valence-electron chi connectivity index (χ0n) is 16.5. The SMILES string of the molecule is Cc1cc(NC(=O)N2C3CCC2CC(n2c(=O)[nH]c4c(Br)cccc42)C3)ccc1I. The van der Waals surface area contributed by atoms with E-state index in [0.717, 1.165) is 52.4 Å². The number of aromatic amines is 1. The maximum Gasteiger partial charge on any atom is 0.326 e. The van der Waals surface area contributed by atoms with Crippen molar-refractivity contribution >= 4 is 61.3 Å². The number of benzene rings is 2. The second-order valence-electron chi connectivity index (χ2n) is 8.25. The van der Waals surface area contributed by atoms with Crippen LogP contribution >= 0.6 is 38.5 Å². The molecule has 30 heavy (non-hydrogen) atoms. The lowest BCUT2D eigenvalue weighted by Crippen LogP contribution is -2.49. The van der Waals surface area contributed by atoms with Crippen molar-refractivity contribution in [2.75, 3.05) is 5.32 Å². The van der Waals surface area contributed by atoms with E-state index in [4.69, 9.17) is 0 Å². The lowest BCUT2D eigenvalue weighted by molar-refractivity contribution is 0.134. The number of halogens is 2. The molecule has 0 aliphatic carbocycles. The van der Waals surface area contributed by atoms with Crippen LogP contribution in [0.5, 0.6) is 0 Å². The van der Waals surface area contributed by atoms with E-state index in [9.17, 15) is 9.59 Å². The lowest BCUT2D eigenvalue weighted by atomic mass is 9.97. The number of piperidine rings is 1. The number of nitrogens with one attached hydrogen (secondary N) is 2. The summed E-state index contributed by atoms with van der Waals surface area (Å²) in [5.41, 5.74) is 3.67. The Kier molecular flexibility index (Phi) is 5.17. The van der Waals surface area contributed by atoms with Gasteiger partial charge in [-0.05, 0) is 107 Å². The molecule has 3 aromatic rings. The Morgan fingerprint density at radius 1 is 1.17 bits per heavy atom. The molecule has 3 heterocycles. The maximum absolute atomic E-state index is 13.1. The summed E-state index contributed by atoms with van der Waals surface area (Å²) in [5, 5.41) is 3.08. The lowest BCUT2D eigenvalue weighted by Gasteiger charge is -2.39. The van der Waals surface area contributed by atoms with E-state index in [-0.39, 0.29) is 29.8 Å². The first-order valence-electron chi connectivity index (χ1n) is 10.2. The molecular weight excluding hydrogens is 559 g/mol. The molecule has 2 atom stereocenters. The van der Waals surface area contributed by atoms with Gasteiger partial charge in [0.1, 0.15) is 0 Å². The van der Waals surface area contributed by atoms with Crippen LogP contribution in [0.15, 0.2) is 45.7 Å². The third kappa shape index (κ3) is 3.37. The fourth-order valence-electron chi connectivity index (χ4n) is 5.08. The number of imidazole rings is 1. The molecule has 1 aromatic heterocycles. The molecule has 2 aliphatic heterocycles. The molecule has 5 rings (SSSR count). The van der Waals surface area contributed by atoms with Gasteiger partial charge in [-0.15, -0.1) is 0 Å². The number of amides is 2. The number of H-pyrrole nitrogens is 1. The quantitative estimate of drug-likeness (QED) is 0.398. The number of urea groups is 1. The average Bonchev–Trinajstić information content (AvgIpc) is 3.19. The molecule has 2 fully saturated rings. The van der Waals surface area contributed by atoms with Crippen LogP contribution in [0.1, 0.15) is 37.3 Å². The highest BCUT2D eigenvalue weighted by Gasteiger charge is 2.44. The van der Waals surface area contributed by atoms with Gasteiger partial charge >= 0.3 is 11.7 Å². The van der Waals surface area contributed by atoms with E-state index < -0.39 is 0 Å². The number of para-hydroxylation sites is 1. The van der Waals surface area contributed by atoms with Crippen molar-refractivity contribution in [3.63, 3.8) is 0 Å². The van der Waals surface area contributed by atoms with E-state index in [1.807, 2.05) is 52.8 Å². The number of anilines is 1. The van der Waals surface area contributed by atoms with E-state index in [0.29, 0.717) is 0 Å². The molecule has 0 saturated carbocycles. The number of aromatic nitrogens is 2. The Labute approximate surface area is 196 Å². The average molecular weight is 581 g/mol. The number of hydrogen-bond acceptors (Lipinski definition) is 2. The molecule has 2 N–H and O–H groups in total. The molecule has 0 spiro atoms. The summed E-state index contributed by atoms with van der Waals surface area (Å²) >= 11 is 5.82. The minimum Gasteiger partial charge on any atom is -0.318 e. The van der Waals surface area contributed by atoms with Crippen LogP contribution in [0.25, 0.3) is 11.0 Å². The van der Waals surface area contributed by atoms with Crippen molar-refractivity contribution in [3.8, 4) is 0 Å². The minimum absolute atomic E-state index is 0.0319. The maximum atomic E-state index is 13.1. The number of aryl methyl sites for hydroxylation is 1. The van der Waals surface area contributed by atoms with Gasteiger partial charge in [-0.3, -0.25) is 4.57 Å². The second-order valence-corrected chi connectivity index (χ2v) is 10.3. The van der Waals surface area contributed by atoms with Gasteiger partial charge in [0.2, 0.25) is 0 Å². The Morgan fingerprint density at radius 3 is 2.60 bits per heavy atom. The summed E-state index contributed by atoms with van der Waals surface area (Å²) in [6, 6.07) is 12.2. The summed E-state index contributed by atoms with van der Waals surface area (Å²) < 4.78 is 3.97. The Morgan fingerprint density at radius 2 is 1.90 bits per heavy atom.